The fraction of sp³-hybridized carbons (Fsp3) is 0.714. The molecule has 0 aliphatic carbocycles. The molecule has 0 atom stereocenters. The second-order valence-electron chi connectivity index (χ2n) is 2.92. The van der Waals surface area contributed by atoms with Gasteiger partial charge in [-0.25, -0.2) is 0 Å². The molecule has 0 N–H and O–H groups in total. The molecule has 0 aromatic heterocycles. The molecule has 2 heterocycles. The van der Waals surface area contributed by atoms with Gasteiger partial charge in [0.25, 0.3) is 5.24 Å². The Bertz CT molecular complexity index is 227. The number of amides is 2. The monoisotopic (exact) mass is 186 g/mol. The molecule has 0 spiro atoms. The van der Waals surface area contributed by atoms with Crippen LogP contribution >= 0.6 is 11.8 Å². The summed E-state index contributed by atoms with van der Waals surface area (Å²) in [6.45, 7) is 2.75. The zero-order chi connectivity index (χ0) is 8.55. The van der Waals surface area contributed by atoms with E-state index >= 15 is 0 Å². The SMILES string of the molecule is O=C(CN1CCSC1=O)N1CC1. The molecule has 2 amide bonds. The van der Waals surface area contributed by atoms with Gasteiger partial charge in [-0.05, 0) is 0 Å². The van der Waals surface area contributed by atoms with E-state index in [-0.39, 0.29) is 17.7 Å². The lowest BCUT2D eigenvalue weighted by Gasteiger charge is -2.12. The molecule has 0 bridgehead atoms. The standard InChI is InChI=1S/C7H10N2O2S/c10-6(8-1-2-8)5-9-3-4-12-7(9)11/h1-5H2. The quantitative estimate of drug-likeness (QED) is 0.570. The van der Waals surface area contributed by atoms with Crippen molar-refractivity contribution in [2.45, 2.75) is 0 Å². The van der Waals surface area contributed by atoms with Crippen LogP contribution in [0.1, 0.15) is 0 Å². The van der Waals surface area contributed by atoms with Crippen molar-refractivity contribution in [2.75, 3.05) is 31.9 Å². The lowest BCUT2D eigenvalue weighted by Crippen LogP contribution is -2.32. The fourth-order valence-corrected chi connectivity index (χ4v) is 1.96. The van der Waals surface area contributed by atoms with Crippen molar-refractivity contribution in [3.05, 3.63) is 0 Å². The molecule has 0 radical (unpaired) electrons. The van der Waals surface area contributed by atoms with Crippen LogP contribution in [0.4, 0.5) is 4.79 Å². The van der Waals surface area contributed by atoms with Crippen LogP contribution in [0, 0.1) is 0 Å². The summed E-state index contributed by atoms with van der Waals surface area (Å²) < 4.78 is 0. The van der Waals surface area contributed by atoms with Gasteiger partial charge < -0.3 is 9.80 Å². The molecule has 5 heteroatoms. The van der Waals surface area contributed by atoms with Gasteiger partial charge in [0, 0.05) is 25.4 Å². The van der Waals surface area contributed by atoms with E-state index in [0.717, 1.165) is 25.4 Å². The topological polar surface area (TPSA) is 40.4 Å². The van der Waals surface area contributed by atoms with Crippen LogP contribution in [0.2, 0.25) is 0 Å². The smallest absolute Gasteiger partial charge is 0.282 e. The molecule has 2 fully saturated rings. The highest BCUT2D eigenvalue weighted by molar-refractivity contribution is 8.13. The van der Waals surface area contributed by atoms with Gasteiger partial charge in [-0.1, -0.05) is 11.8 Å². The van der Waals surface area contributed by atoms with E-state index in [1.54, 1.807) is 9.80 Å². The summed E-state index contributed by atoms with van der Waals surface area (Å²) in [4.78, 5) is 25.7. The average molecular weight is 186 g/mol. The summed E-state index contributed by atoms with van der Waals surface area (Å²) in [5, 5.41) is 0.0465. The van der Waals surface area contributed by atoms with Gasteiger partial charge in [0.2, 0.25) is 5.91 Å². The van der Waals surface area contributed by atoms with Crippen molar-refractivity contribution in [1.82, 2.24) is 9.80 Å². The second-order valence-corrected chi connectivity index (χ2v) is 3.96. The van der Waals surface area contributed by atoms with Gasteiger partial charge in [0.1, 0.15) is 6.54 Å². The van der Waals surface area contributed by atoms with E-state index in [0.29, 0.717) is 0 Å². The van der Waals surface area contributed by atoms with Gasteiger partial charge in [0.05, 0.1) is 0 Å². The van der Waals surface area contributed by atoms with Crippen molar-refractivity contribution in [1.29, 1.82) is 0 Å². The molecule has 2 aliphatic rings. The molecule has 0 unspecified atom stereocenters. The minimum Gasteiger partial charge on any atom is -0.338 e. The van der Waals surface area contributed by atoms with Crippen LogP contribution in [-0.2, 0) is 4.79 Å². The van der Waals surface area contributed by atoms with Crippen molar-refractivity contribution in [3.63, 3.8) is 0 Å². The van der Waals surface area contributed by atoms with Crippen LogP contribution in [0.3, 0.4) is 0 Å². The lowest BCUT2D eigenvalue weighted by atomic mass is 10.5. The highest BCUT2D eigenvalue weighted by Crippen LogP contribution is 2.17. The number of carbonyl (C=O) groups is 2. The first-order valence-electron chi connectivity index (χ1n) is 3.97. The Balaban J connectivity index is 1.84. The Hall–Kier alpha value is -0.710. The highest BCUT2D eigenvalue weighted by atomic mass is 32.2. The minimum absolute atomic E-state index is 0.0465. The van der Waals surface area contributed by atoms with Crippen molar-refractivity contribution in [2.24, 2.45) is 0 Å². The van der Waals surface area contributed by atoms with Crippen LogP contribution in [-0.4, -0.2) is 52.9 Å². The molecule has 2 saturated heterocycles. The maximum Gasteiger partial charge on any atom is 0.282 e. The number of hydrogen-bond acceptors (Lipinski definition) is 3. The summed E-state index contributed by atoms with van der Waals surface area (Å²) >= 11 is 1.30. The van der Waals surface area contributed by atoms with Gasteiger partial charge in [-0.3, -0.25) is 9.59 Å². The van der Waals surface area contributed by atoms with Gasteiger partial charge in [-0.15, -0.1) is 0 Å². The van der Waals surface area contributed by atoms with E-state index in [9.17, 15) is 9.59 Å². The van der Waals surface area contributed by atoms with E-state index in [2.05, 4.69) is 0 Å². The summed E-state index contributed by atoms with van der Waals surface area (Å²) in [7, 11) is 0. The Kier molecular flexibility index (Phi) is 1.96. The maximum atomic E-state index is 11.2. The third-order valence-electron chi connectivity index (χ3n) is 1.97. The third-order valence-corrected chi connectivity index (χ3v) is 2.86. The summed E-state index contributed by atoms with van der Waals surface area (Å²) in [6, 6.07) is 0. The number of nitrogens with zero attached hydrogens (tertiary/aromatic N) is 2. The number of thioether (sulfide) groups is 1. The Morgan fingerprint density at radius 1 is 1.42 bits per heavy atom. The normalized spacial score (nSPS) is 21.8. The second kappa shape index (κ2) is 2.97. The molecular weight excluding hydrogens is 176 g/mol. The lowest BCUT2D eigenvalue weighted by molar-refractivity contribution is -0.126. The maximum absolute atomic E-state index is 11.2. The molecular formula is C7H10N2O2S. The van der Waals surface area contributed by atoms with E-state index in [1.165, 1.54) is 11.8 Å². The fourth-order valence-electron chi connectivity index (χ4n) is 1.13. The Morgan fingerprint density at radius 3 is 2.67 bits per heavy atom. The first-order valence-corrected chi connectivity index (χ1v) is 4.95. The van der Waals surface area contributed by atoms with Crippen molar-refractivity contribution >= 4 is 22.9 Å². The number of rotatable bonds is 2. The van der Waals surface area contributed by atoms with E-state index in [4.69, 9.17) is 0 Å². The zero-order valence-electron chi connectivity index (χ0n) is 6.65. The highest BCUT2D eigenvalue weighted by Gasteiger charge is 2.29. The summed E-state index contributed by atoms with van der Waals surface area (Å²) in [5.41, 5.74) is 0. The van der Waals surface area contributed by atoms with Gasteiger partial charge in [-0.2, -0.15) is 0 Å². The van der Waals surface area contributed by atoms with Gasteiger partial charge in [0.15, 0.2) is 0 Å². The molecule has 0 aromatic rings. The van der Waals surface area contributed by atoms with Crippen LogP contribution < -0.4 is 0 Å². The minimum atomic E-state index is 0.0465. The predicted octanol–water partition coefficient (Wildman–Crippen LogP) is -0.00260. The summed E-state index contributed by atoms with van der Waals surface area (Å²) in [6.07, 6.45) is 0. The first-order chi connectivity index (χ1) is 5.77. The van der Waals surface area contributed by atoms with Gasteiger partial charge >= 0.3 is 0 Å². The zero-order valence-corrected chi connectivity index (χ0v) is 7.47. The molecule has 2 rings (SSSR count). The molecule has 66 valence electrons. The van der Waals surface area contributed by atoms with E-state index < -0.39 is 0 Å². The van der Waals surface area contributed by atoms with Crippen molar-refractivity contribution in [3.8, 4) is 0 Å². The summed E-state index contributed by atoms with van der Waals surface area (Å²) in [5.74, 6) is 0.914. The largest absolute Gasteiger partial charge is 0.338 e. The number of hydrogen-bond donors (Lipinski definition) is 0. The first kappa shape index (κ1) is 7.91. The Morgan fingerprint density at radius 2 is 2.17 bits per heavy atom. The molecule has 0 aromatic carbocycles. The average Bonchev–Trinajstić information content (AvgIpc) is 2.80. The predicted molar refractivity (Wildman–Crippen MR) is 46.0 cm³/mol. The van der Waals surface area contributed by atoms with E-state index in [1.807, 2.05) is 0 Å². The molecule has 2 aliphatic heterocycles. The van der Waals surface area contributed by atoms with Crippen LogP contribution in [0.5, 0.6) is 0 Å². The molecule has 4 nitrogen and oxygen atoms in total. The van der Waals surface area contributed by atoms with Crippen molar-refractivity contribution < 1.29 is 9.59 Å². The third kappa shape index (κ3) is 1.55. The van der Waals surface area contributed by atoms with Crippen LogP contribution in [0.25, 0.3) is 0 Å². The Labute approximate surface area is 74.9 Å². The molecule has 0 saturated carbocycles. The molecule has 12 heavy (non-hydrogen) atoms. The van der Waals surface area contributed by atoms with Crippen LogP contribution in [0.15, 0.2) is 0 Å². The number of carbonyl (C=O) groups excluding carboxylic acids is 2.